The monoisotopic (exact) mass is 350 g/mol. The molecule has 0 saturated carbocycles. The third-order valence-corrected chi connectivity index (χ3v) is 7.20. The van der Waals surface area contributed by atoms with Crippen molar-refractivity contribution in [3.8, 4) is 11.1 Å². The highest BCUT2D eigenvalue weighted by atomic mass is 32.1. The summed E-state index contributed by atoms with van der Waals surface area (Å²) in [7, 11) is 0. The van der Waals surface area contributed by atoms with Crippen LogP contribution in [0.2, 0.25) is 0 Å². The molecule has 1 aliphatic carbocycles. The first-order valence-electron chi connectivity index (χ1n) is 9.13. The second-order valence-electron chi connectivity index (χ2n) is 7.83. The van der Waals surface area contributed by atoms with Crippen LogP contribution in [-0.4, -0.2) is 0 Å². The predicted molar refractivity (Wildman–Crippen MR) is 114 cm³/mol. The molecule has 0 bridgehead atoms. The Labute approximate surface area is 156 Å². The first kappa shape index (κ1) is 14.5. The van der Waals surface area contributed by atoms with E-state index in [4.69, 9.17) is 0 Å². The standard InChI is InChI=1S/C25H18S/c1-25(2)20-9-5-3-7-16(20)19-14-18-15(13-21(19)25)11-12-23-24(18)17-8-4-6-10-22(17)26-23/h3-14H,1-2H3. The molecule has 1 heteroatoms. The molecule has 26 heavy (non-hydrogen) atoms. The van der Waals surface area contributed by atoms with E-state index in [9.17, 15) is 0 Å². The minimum atomic E-state index is 0.0613. The lowest BCUT2D eigenvalue weighted by Crippen LogP contribution is -2.14. The molecule has 0 unspecified atom stereocenters. The predicted octanol–water partition coefficient (Wildman–Crippen LogP) is 7.51. The van der Waals surface area contributed by atoms with E-state index in [1.807, 2.05) is 11.3 Å². The van der Waals surface area contributed by atoms with Crippen molar-refractivity contribution >= 4 is 42.3 Å². The van der Waals surface area contributed by atoms with Gasteiger partial charge in [-0.15, -0.1) is 11.3 Å². The molecule has 0 spiro atoms. The maximum Gasteiger partial charge on any atom is 0.0361 e. The van der Waals surface area contributed by atoms with Gasteiger partial charge in [-0.3, -0.25) is 0 Å². The SMILES string of the molecule is CC1(C)c2ccccc2-c2cc3c(ccc4sc5ccccc5c43)cc21. The normalized spacial score (nSPS) is 14.8. The van der Waals surface area contributed by atoms with Crippen molar-refractivity contribution in [2.75, 3.05) is 0 Å². The van der Waals surface area contributed by atoms with Gasteiger partial charge < -0.3 is 0 Å². The second kappa shape index (κ2) is 4.75. The smallest absolute Gasteiger partial charge is 0.0361 e. The largest absolute Gasteiger partial charge is 0.135 e. The Morgan fingerprint density at radius 1 is 0.654 bits per heavy atom. The molecule has 1 heterocycles. The summed E-state index contributed by atoms with van der Waals surface area (Å²) in [5.74, 6) is 0. The van der Waals surface area contributed by atoms with E-state index in [0.29, 0.717) is 0 Å². The van der Waals surface area contributed by atoms with Crippen molar-refractivity contribution in [3.63, 3.8) is 0 Å². The Morgan fingerprint density at radius 3 is 2.38 bits per heavy atom. The molecule has 0 radical (unpaired) electrons. The lowest BCUT2D eigenvalue weighted by atomic mass is 9.82. The van der Waals surface area contributed by atoms with E-state index in [1.54, 1.807) is 0 Å². The molecular formula is C25H18S. The van der Waals surface area contributed by atoms with Gasteiger partial charge in [0.05, 0.1) is 0 Å². The van der Waals surface area contributed by atoms with Gasteiger partial charge in [-0.25, -0.2) is 0 Å². The van der Waals surface area contributed by atoms with Crippen molar-refractivity contribution in [2.24, 2.45) is 0 Å². The fraction of sp³-hybridized carbons (Fsp3) is 0.120. The highest BCUT2D eigenvalue weighted by Gasteiger charge is 2.35. The van der Waals surface area contributed by atoms with Crippen LogP contribution in [0.1, 0.15) is 25.0 Å². The molecular weight excluding hydrogens is 332 g/mol. The van der Waals surface area contributed by atoms with Crippen molar-refractivity contribution in [2.45, 2.75) is 19.3 Å². The average molecular weight is 350 g/mol. The van der Waals surface area contributed by atoms with Gasteiger partial charge in [0, 0.05) is 25.6 Å². The van der Waals surface area contributed by atoms with E-state index in [2.05, 4.69) is 86.6 Å². The van der Waals surface area contributed by atoms with E-state index in [0.717, 1.165) is 0 Å². The summed E-state index contributed by atoms with van der Waals surface area (Å²) in [6.45, 7) is 4.70. The summed E-state index contributed by atoms with van der Waals surface area (Å²) < 4.78 is 2.75. The Bertz CT molecular complexity index is 1350. The quantitative estimate of drug-likeness (QED) is 0.271. The van der Waals surface area contributed by atoms with Crippen LogP contribution in [0.4, 0.5) is 0 Å². The first-order valence-corrected chi connectivity index (χ1v) is 9.94. The number of benzene rings is 4. The molecule has 6 rings (SSSR count). The van der Waals surface area contributed by atoms with Gasteiger partial charge in [-0.2, -0.15) is 0 Å². The number of fused-ring (bicyclic) bond motifs is 8. The summed E-state index contributed by atoms with van der Waals surface area (Å²) in [6, 6.07) is 27.1. The Morgan fingerprint density at radius 2 is 1.46 bits per heavy atom. The Balaban J connectivity index is 1.81. The van der Waals surface area contributed by atoms with Crippen molar-refractivity contribution in [1.29, 1.82) is 0 Å². The van der Waals surface area contributed by atoms with Crippen LogP contribution in [0.5, 0.6) is 0 Å². The Kier molecular flexibility index (Phi) is 2.65. The molecule has 1 aliphatic rings. The van der Waals surface area contributed by atoms with Gasteiger partial charge >= 0.3 is 0 Å². The Hall–Kier alpha value is -2.64. The molecule has 0 atom stereocenters. The van der Waals surface area contributed by atoms with Gasteiger partial charge in [-0.1, -0.05) is 62.4 Å². The molecule has 0 fully saturated rings. The summed E-state index contributed by atoms with van der Waals surface area (Å²) >= 11 is 1.90. The van der Waals surface area contributed by atoms with Crippen molar-refractivity contribution in [3.05, 3.63) is 83.9 Å². The first-order chi connectivity index (χ1) is 12.6. The average Bonchev–Trinajstić information content (AvgIpc) is 3.15. The zero-order chi connectivity index (χ0) is 17.5. The van der Waals surface area contributed by atoms with Crippen LogP contribution in [-0.2, 0) is 5.41 Å². The minimum Gasteiger partial charge on any atom is -0.135 e. The van der Waals surface area contributed by atoms with Gasteiger partial charge in [0.1, 0.15) is 0 Å². The molecule has 0 N–H and O–H groups in total. The lowest BCUT2D eigenvalue weighted by molar-refractivity contribution is 0.661. The van der Waals surface area contributed by atoms with E-state index in [-0.39, 0.29) is 5.41 Å². The summed E-state index contributed by atoms with van der Waals surface area (Å²) in [6.07, 6.45) is 0. The molecule has 0 nitrogen and oxygen atoms in total. The third-order valence-electron chi connectivity index (χ3n) is 6.06. The zero-order valence-corrected chi connectivity index (χ0v) is 15.7. The van der Waals surface area contributed by atoms with Crippen LogP contribution >= 0.6 is 11.3 Å². The maximum atomic E-state index is 2.44. The molecule has 4 aromatic carbocycles. The molecule has 5 aromatic rings. The molecule has 0 saturated heterocycles. The molecule has 0 amide bonds. The van der Waals surface area contributed by atoms with Crippen LogP contribution in [0, 0.1) is 0 Å². The topological polar surface area (TPSA) is 0 Å². The third kappa shape index (κ3) is 1.69. The highest BCUT2D eigenvalue weighted by Crippen LogP contribution is 2.51. The van der Waals surface area contributed by atoms with Gasteiger partial charge in [0.25, 0.3) is 0 Å². The maximum absolute atomic E-state index is 2.44. The van der Waals surface area contributed by atoms with Crippen molar-refractivity contribution < 1.29 is 0 Å². The van der Waals surface area contributed by atoms with Gasteiger partial charge in [0.15, 0.2) is 0 Å². The van der Waals surface area contributed by atoms with Crippen LogP contribution in [0.15, 0.2) is 72.8 Å². The van der Waals surface area contributed by atoms with Crippen LogP contribution in [0.3, 0.4) is 0 Å². The molecule has 1 aromatic heterocycles. The molecule has 124 valence electrons. The summed E-state index contributed by atoms with van der Waals surface area (Å²) in [5.41, 5.74) is 5.75. The summed E-state index contributed by atoms with van der Waals surface area (Å²) in [4.78, 5) is 0. The van der Waals surface area contributed by atoms with E-state index >= 15 is 0 Å². The number of rotatable bonds is 0. The highest BCUT2D eigenvalue weighted by molar-refractivity contribution is 7.26. The van der Waals surface area contributed by atoms with Crippen molar-refractivity contribution in [1.82, 2.24) is 0 Å². The zero-order valence-electron chi connectivity index (χ0n) is 14.8. The second-order valence-corrected chi connectivity index (χ2v) is 8.91. The van der Waals surface area contributed by atoms with Crippen LogP contribution in [0.25, 0.3) is 42.1 Å². The van der Waals surface area contributed by atoms with Crippen LogP contribution < -0.4 is 0 Å². The van der Waals surface area contributed by atoms with Gasteiger partial charge in [0.2, 0.25) is 0 Å². The van der Waals surface area contributed by atoms with E-state index < -0.39 is 0 Å². The van der Waals surface area contributed by atoms with Gasteiger partial charge in [-0.05, 0) is 57.3 Å². The minimum absolute atomic E-state index is 0.0613. The number of hydrogen-bond donors (Lipinski definition) is 0. The lowest BCUT2D eigenvalue weighted by Gasteiger charge is -2.21. The van der Waals surface area contributed by atoms with E-state index in [1.165, 1.54) is 53.2 Å². The summed E-state index contributed by atoms with van der Waals surface area (Å²) in [5, 5.41) is 5.52. The fourth-order valence-corrected chi connectivity index (χ4v) is 5.87. The fourth-order valence-electron chi connectivity index (χ4n) is 4.74. The number of hydrogen-bond acceptors (Lipinski definition) is 1. The number of thiophene rings is 1. The molecule has 0 aliphatic heterocycles.